The average Bonchev–Trinajstić information content (AvgIpc) is 2.36. The van der Waals surface area contributed by atoms with Gasteiger partial charge in [0.25, 0.3) is 0 Å². The molecule has 0 amide bonds. The van der Waals surface area contributed by atoms with Crippen molar-refractivity contribution in [3.8, 4) is 0 Å². The molecule has 1 heterocycles. The van der Waals surface area contributed by atoms with E-state index < -0.39 is 0 Å². The third kappa shape index (κ3) is 1.57. The molecule has 0 radical (unpaired) electrons. The highest BCUT2D eigenvalue weighted by molar-refractivity contribution is 7.97. The molecular formula is C8H12OS. The fraction of sp³-hybridized carbons (Fsp3) is 0.500. The Kier molecular flexibility index (Phi) is 2.87. The van der Waals surface area contributed by atoms with Gasteiger partial charge in [0.1, 0.15) is 5.76 Å². The van der Waals surface area contributed by atoms with Gasteiger partial charge in [0.2, 0.25) is 0 Å². The molecule has 0 N–H and O–H groups in total. The number of furan rings is 1. The topological polar surface area (TPSA) is 13.1 Å². The third-order valence-corrected chi connectivity index (χ3v) is 2.06. The van der Waals surface area contributed by atoms with E-state index in [2.05, 4.69) is 19.2 Å². The minimum Gasteiger partial charge on any atom is -0.469 e. The smallest absolute Gasteiger partial charge is 0.107 e. The van der Waals surface area contributed by atoms with Crippen LogP contribution in [0.25, 0.3) is 0 Å². The first-order valence-corrected chi connectivity index (χ1v) is 4.82. The number of hydrogen-bond donors (Lipinski definition) is 0. The molecule has 1 nitrogen and oxygen atoms in total. The van der Waals surface area contributed by atoms with E-state index in [1.54, 1.807) is 6.26 Å². The van der Waals surface area contributed by atoms with Crippen LogP contribution in [0.5, 0.6) is 0 Å². The fourth-order valence-corrected chi connectivity index (χ4v) is 1.53. The van der Waals surface area contributed by atoms with E-state index in [4.69, 9.17) is 4.42 Å². The van der Waals surface area contributed by atoms with Crippen molar-refractivity contribution in [1.29, 1.82) is 0 Å². The van der Waals surface area contributed by atoms with Crippen LogP contribution in [0.3, 0.4) is 0 Å². The molecule has 0 aliphatic heterocycles. The van der Waals surface area contributed by atoms with Crippen LogP contribution in [0.1, 0.15) is 18.2 Å². The summed E-state index contributed by atoms with van der Waals surface area (Å²) < 4.78 is 5.25. The largest absolute Gasteiger partial charge is 0.469 e. The van der Waals surface area contributed by atoms with Gasteiger partial charge in [0, 0.05) is 17.7 Å². The summed E-state index contributed by atoms with van der Waals surface area (Å²) in [7, 11) is 0. The zero-order valence-corrected chi connectivity index (χ0v) is 7.20. The van der Waals surface area contributed by atoms with E-state index in [9.17, 15) is 0 Å². The average molecular weight is 156 g/mol. The van der Waals surface area contributed by atoms with E-state index in [0.717, 1.165) is 17.9 Å². The Hall–Kier alpha value is -0.370. The SMILES string of the molecule is CCc1occc1CSC. The summed E-state index contributed by atoms with van der Waals surface area (Å²) in [5.74, 6) is 2.20. The summed E-state index contributed by atoms with van der Waals surface area (Å²) in [4.78, 5) is 0. The second-order valence-electron chi connectivity index (χ2n) is 2.16. The van der Waals surface area contributed by atoms with Gasteiger partial charge in [-0.15, -0.1) is 0 Å². The molecule has 0 spiro atoms. The van der Waals surface area contributed by atoms with Crippen LogP contribution in [0.4, 0.5) is 0 Å². The molecule has 0 saturated heterocycles. The van der Waals surface area contributed by atoms with Gasteiger partial charge >= 0.3 is 0 Å². The molecule has 0 fully saturated rings. The molecule has 1 aromatic rings. The molecule has 0 aromatic carbocycles. The second kappa shape index (κ2) is 3.71. The first kappa shape index (κ1) is 7.73. The van der Waals surface area contributed by atoms with Gasteiger partial charge < -0.3 is 4.42 Å². The Bertz CT molecular complexity index is 193. The van der Waals surface area contributed by atoms with E-state index >= 15 is 0 Å². The normalized spacial score (nSPS) is 10.2. The Morgan fingerprint density at radius 1 is 1.60 bits per heavy atom. The Morgan fingerprint density at radius 3 is 3.00 bits per heavy atom. The first-order chi connectivity index (χ1) is 4.88. The molecule has 0 unspecified atom stereocenters. The third-order valence-electron chi connectivity index (χ3n) is 1.46. The summed E-state index contributed by atoms with van der Waals surface area (Å²) in [5, 5.41) is 0. The predicted octanol–water partition coefficient (Wildman–Crippen LogP) is 2.71. The fourth-order valence-electron chi connectivity index (χ4n) is 0.961. The summed E-state index contributed by atoms with van der Waals surface area (Å²) in [6.45, 7) is 2.11. The van der Waals surface area contributed by atoms with Crippen molar-refractivity contribution < 1.29 is 4.42 Å². The van der Waals surface area contributed by atoms with E-state index in [1.165, 1.54) is 5.56 Å². The lowest BCUT2D eigenvalue weighted by Crippen LogP contribution is -1.82. The monoisotopic (exact) mass is 156 g/mol. The van der Waals surface area contributed by atoms with Crippen molar-refractivity contribution in [1.82, 2.24) is 0 Å². The van der Waals surface area contributed by atoms with Crippen LogP contribution < -0.4 is 0 Å². The maximum atomic E-state index is 5.25. The molecule has 10 heavy (non-hydrogen) atoms. The standard InChI is InChI=1S/C8H12OS/c1-3-8-7(6-10-2)4-5-9-8/h4-5H,3,6H2,1-2H3. The van der Waals surface area contributed by atoms with Crippen LogP contribution in [0.2, 0.25) is 0 Å². The molecular weight excluding hydrogens is 144 g/mol. The van der Waals surface area contributed by atoms with Crippen molar-refractivity contribution in [3.63, 3.8) is 0 Å². The van der Waals surface area contributed by atoms with Gasteiger partial charge in [-0.05, 0) is 12.3 Å². The molecule has 2 heteroatoms. The number of rotatable bonds is 3. The van der Waals surface area contributed by atoms with Crippen LogP contribution in [-0.4, -0.2) is 6.26 Å². The van der Waals surface area contributed by atoms with Crippen LogP contribution in [0, 0.1) is 0 Å². The zero-order valence-electron chi connectivity index (χ0n) is 6.39. The lowest BCUT2D eigenvalue weighted by Gasteiger charge is -1.94. The van der Waals surface area contributed by atoms with Crippen LogP contribution >= 0.6 is 11.8 Å². The van der Waals surface area contributed by atoms with Crippen LogP contribution in [0.15, 0.2) is 16.7 Å². The lowest BCUT2D eigenvalue weighted by molar-refractivity contribution is 0.513. The first-order valence-electron chi connectivity index (χ1n) is 3.42. The Labute approximate surface area is 65.8 Å². The summed E-state index contributed by atoms with van der Waals surface area (Å²) in [6, 6.07) is 2.05. The number of thioether (sulfide) groups is 1. The van der Waals surface area contributed by atoms with Crippen molar-refractivity contribution >= 4 is 11.8 Å². The van der Waals surface area contributed by atoms with Gasteiger partial charge in [-0.25, -0.2) is 0 Å². The maximum Gasteiger partial charge on any atom is 0.107 e. The summed E-state index contributed by atoms with van der Waals surface area (Å²) in [6.07, 6.45) is 4.87. The maximum absolute atomic E-state index is 5.25. The number of aryl methyl sites for hydroxylation is 1. The van der Waals surface area contributed by atoms with Crippen molar-refractivity contribution in [2.24, 2.45) is 0 Å². The van der Waals surface area contributed by atoms with E-state index in [-0.39, 0.29) is 0 Å². The van der Waals surface area contributed by atoms with Gasteiger partial charge in [0.15, 0.2) is 0 Å². The molecule has 0 aliphatic carbocycles. The van der Waals surface area contributed by atoms with Gasteiger partial charge in [0.05, 0.1) is 6.26 Å². The second-order valence-corrected chi connectivity index (χ2v) is 3.02. The highest BCUT2D eigenvalue weighted by Crippen LogP contribution is 2.15. The van der Waals surface area contributed by atoms with Gasteiger partial charge in [-0.3, -0.25) is 0 Å². The van der Waals surface area contributed by atoms with Gasteiger partial charge in [-0.1, -0.05) is 6.92 Å². The highest BCUT2D eigenvalue weighted by atomic mass is 32.2. The lowest BCUT2D eigenvalue weighted by atomic mass is 10.2. The Morgan fingerprint density at radius 2 is 2.40 bits per heavy atom. The molecule has 0 saturated carbocycles. The van der Waals surface area contributed by atoms with Crippen LogP contribution in [-0.2, 0) is 12.2 Å². The molecule has 0 aliphatic rings. The summed E-state index contributed by atoms with van der Waals surface area (Å²) >= 11 is 1.83. The van der Waals surface area contributed by atoms with Gasteiger partial charge in [-0.2, -0.15) is 11.8 Å². The quantitative estimate of drug-likeness (QED) is 0.667. The molecule has 1 rings (SSSR count). The Balaban J connectivity index is 2.70. The van der Waals surface area contributed by atoms with E-state index in [1.807, 2.05) is 11.8 Å². The number of hydrogen-bond acceptors (Lipinski definition) is 2. The molecule has 1 aromatic heterocycles. The summed E-state index contributed by atoms with van der Waals surface area (Å²) in [5.41, 5.74) is 1.34. The molecule has 56 valence electrons. The predicted molar refractivity (Wildman–Crippen MR) is 45.3 cm³/mol. The molecule has 0 atom stereocenters. The molecule has 0 bridgehead atoms. The van der Waals surface area contributed by atoms with Crippen molar-refractivity contribution in [2.75, 3.05) is 6.26 Å². The zero-order chi connectivity index (χ0) is 7.40. The van der Waals surface area contributed by atoms with Crippen molar-refractivity contribution in [3.05, 3.63) is 23.7 Å². The highest BCUT2D eigenvalue weighted by Gasteiger charge is 2.01. The minimum absolute atomic E-state index is 1.00. The van der Waals surface area contributed by atoms with E-state index in [0.29, 0.717) is 0 Å². The minimum atomic E-state index is 1.00. The van der Waals surface area contributed by atoms with Crippen molar-refractivity contribution in [2.45, 2.75) is 19.1 Å².